The maximum absolute atomic E-state index is 12.5. The molecule has 0 spiro atoms. The summed E-state index contributed by atoms with van der Waals surface area (Å²) in [4.78, 5) is 18.1. The molecule has 3 rings (SSSR count). The molecule has 0 aliphatic carbocycles. The number of nitrogens with zero attached hydrogens (tertiary/aromatic N) is 1. The minimum Gasteiger partial charge on any atom is -0.493 e. The Balaban J connectivity index is 1.70. The monoisotopic (exact) mass is 331 g/mol. The Kier molecular flexibility index (Phi) is 5.25. The highest BCUT2D eigenvalue weighted by atomic mass is 32.1. The minimum atomic E-state index is -0.180. The second-order valence-electron chi connectivity index (χ2n) is 5.48. The van der Waals surface area contributed by atoms with Crippen LogP contribution in [0.15, 0.2) is 30.5 Å². The Morgan fingerprint density at radius 3 is 2.96 bits per heavy atom. The highest BCUT2D eigenvalue weighted by molar-refractivity contribution is 7.15. The Morgan fingerprint density at radius 1 is 1.39 bits per heavy atom. The van der Waals surface area contributed by atoms with E-state index < -0.39 is 0 Å². The molecule has 2 heterocycles. The van der Waals surface area contributed by atoms with Gasteiger partial charge in [-0.2, -0.15) is 0 Å². The van der Waals surface area contributed by atoms with Crippen LogP contribution in [0.1, 0.15) is 40.9 Å². The Morgan fingerprint density at radius 2 is 2.17 bits per heavy atom. The lowest BCUT2D eigenvalue weighted by Gasteiger charge is -2.20. The van der Waals surface area contributed by atoms with Crippen LogP contribution in [0.25, 0.3) is 0 Å². The van der Waals surface area contributed by atoms with Gasteiger partial charge < -0.3 is 10.1 Å². The van der Waals surface area contributed by atoms with Crippen molar-refractivity contribution in [2.75, 3.05) is 25.0 Å². The van der Waals surface area contributed by atoms with E-state index in [1.165, 1.54) is 4.88 Å². The second kappa shape index (κ2) is 7.57. The fourth-order valence-corrected chi connectivity index (χ4v) is 3.72. The summed E-state index contributed by atoms with van der Waals surface area (Å²) >= 11 is 1.57. The molecule has 0 atom stereocenters. The summed E-state index contributed by atoms with van der Waals surface area (Å²) in [5, 5.41) is 6.90. The van der Waals surface area contributed by atoms with E-state index in [4.69, 9.17) is 4.74 Å². The maximum atomic E-state index is 12.5. The van der Waals surface area contributed by atoms with E-state index in [0.717, 1.165) is 25.9 Å². The van der Waals surface area contributed by atoms with E-state index in [2.05, 4.69) is 15.6 Å². The fourth-order valence-electron chi connectivity index (χ4n) is 2.74. The van der Waals surface area contributed by atoms with Gasteiger partial charge in [0.25, 0.3) is 5.91 Å². The molecule has 23 heavy (non-hydrogen) atoms. The summed E-state index contributed by atoms with van der Waals surface area (Å²) < 4.78 is 5.51. The number of carbonyl (C=O) groups is 1. The number of piperidine rings is 1. The molecule has 1 aromatic heterocycles. The third-order valence-corrected chi connectivity index (χ3v) is 4.99. The lowest BCUT2D eigenvalue weighted by Crippen LogP contribution is -2.26. The topological polar surface area (TPSA) is 63.2 Å². The number of thiazole rings is 1. The van der Waals surface area contributed by atoms with Crippen molar-refractivity contribution in [3.63, 3.8) is 0 Å². The predicted molar refractivity (Wildman–Crippen MR) is 92.5 cm³/mol. The van der Waals surface area contributed by atoms with Crippen molar-refractivity contribution in [1.82, 2.24) is 10.3 Å². The number of nitrogens with one attached hydrogen (secondary N) is 2. The number of hydrogen-bond acceptors (Lipinski definition) is 5. The van der Waals surface area contributed by atoms with Gasteiger partial charge in [-0.3, -0.25) is 10.1 Å². The van der Waals surface area contributed by atoms with Crippen LogP contribution in [0.2, 0.25) is 0 Å². The fraction of sp³-hybridized carbons (Fsp3) is 0.412. The molecule has 6 heteroatoms. The maximum Gasteiger partial charge on any atom is 0.261 e. The van der Waals surface area contributed by atoms with Crippen LogP contribution in [0.5, 0.6) is 5.75 Å². The van der Waals surface area contributed by atoms with Crippen LogP contribution < -0.4 is 15.4 Å². The van der Waals surface area contributed by atoms with Crippen molar-refractivity contribution in [3.8, 4) is 5.75 Å². The lowest BCUT2D eigenvalue weighted by atomic mass is 9.97. The molecule has 2 N–H and O–H groups in total. The van der Waals surface area contributed by atoms with Gasteiger partial charge in [-0.15, -0.1) is 11.3 Å². The van der Waals surface area contributed by atoms with Gasteiger partial charge in [0.1, 0.15) is 5.75 Å². The highest BCUT2D eigenvalue weighted by Crippen LogP contribution is 2.32. The number of benzene rings is 1. The molecule has 5 nitrogen and oxygen atoms in total. The van der Waals surface area contributed by atoms with Crippen molar-refractivity contribution in [1.29, 1.82) is 0 Å². The molecular formula is C17H21N3O2S. The second-order valence-corrected chi connectivity index (χ2v) is 6.54. The Labute approximate surface area is 140 Å². The molecule has 0 bridgehead atoms. The van der Waals surface area contributed by atoms with Crippen molar-refractivity contribution in [2.24, 2.45) is 0 Å². The lowest BCUT2D eigenvalue weighted by molar-refractivity contribution is 0.102. The first kappa shape index (κ1) is 16.0. The molecule has 2 aromatic rings. The highest BCUT2D eigenvalue weighted by Gasteiger charge is 2.19. The summed E-state index contributed by atoms with van der Waals surface area (Å²) in [5.74, 6) is 0.970. The summed E-state index contributed by atoms with van der Waals surface area (Å²) in [6.07, 6.45) is 4.15. The summed E-state index contributed by atoms with van der Waals surface area (Å²) in [6, 6.07) is 7.27. The normalized spacial score (nSPS) is 15.3. The predicted octanol–water partition coefficient (Wildman–Crippen LogP) is 3.26. The van der Waals surface area contributed by atoms with Gasteiger partial charge in [0.15, 0.2) is 5.13 Å². The molecule has 122 valence electrons. The van der Waals surface area contributed by atoms with Gasteiger partial charge in [0.2, 0.25) is 0 Å². The quantitative estimate of drug-likeness (QED) is 0.883. The van der Waals surface area contributed by atoms with Crippen LogP contribution in [0.4, 0.5) is 5.13 Å². The first-order valence-corrected chi connectivity index (χ1v) is 8.79. The first-order chi connectivity index (χ1) is 11.3. The molecule has 1 saturated heterocycles. The van der Waals surface area contributed by atoms with Crippen LogP contribution in [0.3, 0.4) is 0 Å². The standard InChI is InChI=1S/C17H21N3O2S/c1-2-22-14-6-4-3-5-13(14)16(21)20-17-19-11-15(23-17)12-7-9-18-10-8-12/h3-6,11-12,18H,2,7-10H2,1H3,(H,19,20,21). The van der Waals surface area contributed by atoms with Gasteiger partial charge in [0, 0.05) is 11.1 Å². The van der Waals surface area contributed by atoms with E-state index in [0.29, 0.717) is 29.0 Å². The molecule has 1 amide bonds. The van der Waals surface area contributed by atoms with E-state index in [9.17, 15) is 4.79 Å². The van der Waals surface area contributed by atoms with Crippen LogP contribution >= 0.6 is 11.3 Å². The molecule has 1 aliphatic heterocycles. The van der Waals surface area contributed by atoms with Crippen LogP contribution in [0, 0.1) is 0 Å². The van der Waals surface area contributed by atoms with E-state index in [1.54, 1.807) is 23.5 Å². The van der Waals surface area contributed by atoms with E-state index in [-0.39, 0.29) is 5.91 Å². The zero-order chi connectivity index (χ0) is 16.1. The number of rotatable bonds is 5. The van der Waals surface area contributed by atoms with E-state index >= 15 is 0 Å². The van der Waals surface area contributed by atoms with Gasteiger partial charge in [-0.1, -0.05) is 12.1 Å². The molecule has 1 aromatic carbocycles. The number of aromatic nitrogens is 1. The first-order valence-electron chi connectivity index (χ1n) is 7.97. The third kappa shape index (κ3) is 3.89. The average Bonchev–Trinajstić information content (AvgIpc) is 3.05. The number of carbonyl (C=O) groups excluding carboxylic acids is 1. The molecule has 1 aliphatic rings. The number of para-hydroxylation sites is 1. The Bertz CT molecular complexity index is 665. The zero-order valence-electron chi connectivity index (χ0n) is 13.2. The minimum absolute atomic E-state index is 0.180. The number of ether oxygens (including phenoxy) is 1. The number of anilines is 1. The molecule has 1 fully saturated rings. The largest absolute Gasteiger partial charge is 0.493 e. The van der Waals surface area contributed by atoms with Crippen LogP contribution in [-0.2, 0) is 0 Å². The zero-order valence-corrected chi connectivity index (χ0v) is 14.0. The summed E-state index contributed by atoms with van der Waals surface area (Å²) in [5.41, 5.74) is 0.535. The SMILES string of the molecule is CCOc1ccccc1C(=O)Nc1ncc(C2CCNCC2)s1. The Hall–Kier alpha value is -1.92. The smallest absolute Gasteiger partial charge is 0.261 e. The van der Waals surface area contributed by atoms with Crippen molar-refractivity contribution in [2.45, 2.75) is 25.7 Å². The number of amides is 1. The summed E-state index contributed by atoms with van der Waals surface area (Å²) in [7, 11) is 0. The van der Waals surface area contributed by atoms with Crippen molar-refractivity contribution >= 4 is 22.4 Å². The van der Waals surface area contributed by atoms with Gasteiger partial charge >= 0.3 is 0 Å². The van der Waals surface area contributed by atoms with Gasteiger partial charge in [0.05, 0.1) is 12.2 Å². The third-order valence-electron chi connectivity index (χ3n) is 3.92. The van der Waals surface area contributed by atoms with E-state index in [1.807, 2.05) is 25.3 Å². The molecular weight excluding hydrogens is 310 g/mol. The summed E-state index contributed by atoms with van der Waals surface area (Å²) in [6.45, 7) is 4.53. The van der Waals surface area contributed by atoms with Crippen molar-refractivity contribution in [3.05, 3.63) is 40.9 Å². The van der Waals surface area contributed by atoms with Crippen molar-refractivity contribution < 1.29 is 9.53 Å². The average molecular weight is 331 g/mol. The van der Waals surface area contributed by atoms with Gasteiger partial charge in [-0.25, -0.2) is 4.98 Å². The number of hydrogen-bond donors (Lipinski definition) is 2. The molecule has 0 radical (unpaired) electrons. The van der Waals surface area contributed by atoms with Gasteiger partial charge in [-0.05, 0) is 50.9 Å². The molecule has 0 unspecified atom stereocenters. The van der Waals surface area contributed by atoms with Crippen LogP contribution in [-0.4, -0.2) is 30.6 Å². The molecule has 0 saturated carbocycles.